The zero-order valence-electron chi connectivity index (χ0n) is 18.0. The van der Waals surface area contributed by atoms with Crippen LogP contribution >= 0.6 is 0 Å². The molecule has 1 amide bonds. The second-order valence-corrected chi connectivity index (χ2v) is 9.89. The van der Waals surface area contributed by atoms with E-state index in [0.29, 0.717) is 18.7 Å². The first-order valence-corrected chi connectivity index (χ1v) is 11.4. The molecule has 0 bridgehead atoms. The van der Waals surface area contributed by atoms with Crippen molar-refractivity contribution >= 4 is 27.3 Å². The Labute approximate surface area is 178 Å². The van der Waals surface area contributed by atoms with Gasteiger partial charge in [0.15, 0.2) is 0 Å². The van der Waals surface area contributed by atoms with E-state index < -0.39 is 10.0 Å². The molecule has 1 aliphatic rings. The van der Waals surface area contributed by atoms with E-state index in [1.807, 2.05) is 58.0 Å². The normalized spacial score (nSPS) is 20.0. The zero-order valence-corrected chi connectivity index (χ0v) is 18.9. The van der Waals surface area contributed by atoms with Crippen molar-refractivity contribution in [3.8, 4) is 0 Å². The number of carbonyl (C=O) groups is 1. The van der Waals surface area contributed by atoms with Crippen molar-refractivity contribution in [3.63, 3.8) is 0 Å². The molecule has 8 heteroatoms. The van der Waals surface area contributed by atoms with Crippen LogP contribution in [-0.4, -0.2) is 58.0 Å². The van der Waals surface area contributed by atoms with Gasteiger partial charge in [-0.1, -0.05) is 0 Å². The minimum absolute atomic E-state index is 0.157. The molecule has 1 aliphatic heterocycles. The number of carbonyl (C=O) groups excluding carboxylic acids is 1. The van der Waals surface area contributed by atoms with E-state index in [9.17, 15) is 13.2 Å². The number of nitrogens with one attached hydrogen (secondary N) is 1. The summed E-state index contributed by atoms with van der Waals surface area (Å²) in [5.41, 5.74) is 3.11. The number of hydrogen-bond donors (Lipinski definition) is 1. The summed E-state index contributed by atoms with van der Waals surface area (Å²) in [4.78, 5) is 14.8. The summed E-state index contributed by atoms with van der Waals surface area (Å²) in [6.45, 7) is 6.29. The predicted octanol–water partition coefficient (Wildman–Crippen LogP) is 3.11. The third-order valence-corrected chi connectivity index (χ3v) is 6.96. The summed E-state index contributed by atoms with van der Waals surface area (Å²) in [7, 11) is 0.286. The van der Waals surface area contributed by atoms with Gasteiger partial charge in [0.2, 0.25) is 10.0 Å². The second-order valence-electron chi connectivity index (χ2n) is 7.95. The van der Waals surface area contributed by atoms with Crippen molar-refractivity contribution in [2.24, 2.45) is 0 Å². The number of benzene rings is 2. The maximum Gasteiger partial charge on any atom is 0.255 e. The molecule has 0 aromatic heterocycles. The Bertz CT molecular complexity index is 1010. The van der Waals surface area contributed by atoms with E-state index in [2.05, 4.69) is 5.32 Å². The molecular weight excluding hydrogens is 402 g/mol. The fraction of sp³-hybridized carbons (Fsp3) is 0.409. The largest absolute Gasteiger partial charge is 0.378 e. The maximum atomic E-state index is 12.9. The van der Waals surface area contributed by atoms with Gasteiger partial charge in [-0.15, -0.1) is 0 Å². The Hall–Kier alpha value is -2.42. The van der Waals surface area contributed by atoms with Crippen molar-refractivity contribution < 1.29 is 17.9 Å². The van der Waals surface area contributed by atoms with Crippen LogP contribution in [0.25, 0.3) is 0 Å². The molecule has 2 unspecified atom stereocenters. The summed E-state index contributed by atoms with van der Waals surface area (Å²) >= 11 is 0. The summed E-state index contributed by atoms with van der Waals surface area (Å²) in [6.07, 6.45) is -0.314. The van der Waals surface area contributed by atoms with Gasteiger partial charge in [0, 0.05) is 44.1 Å². The molecule has 2 aromatic rings. The standard InChI is InChI=1S/C22H29N3O4S/c1-15-12-19(24(4)5)8-11-21(15)23-22(26)18-6-9-20(10-7-18)30(27,28)25-13-16(2)29-17(3)14-25/h6-12,16-17H,13-14H2,1-5H3,(H,23,26). The van der Waals surface area contributed by atoms with Crippen molar-refractivity contribution in [2.45, 2.75) is 37.9 Å². The molecule has 3 rings (SSSR count). The lowest BCUT2D eigenvalue weighted by Gasteiger charge is -2.34. The molecule has 2 atom stereocenters. The van der Waals surface area contributed by atoms with Gasteiger partial charge in [0.05, 0.1) is 17.1 Å². The predicted molar refractivity (Wildman–Crippen MR) is 119 cm³/mol. The third-order valence-electron chi connectivity index (χ3n) is 5.11. The van der Waals surface area contributed by atoms with E-state index in [-0.39, 0.29) is 23.0 Å². The lowest BCUT2D eigenvalue weighted by atomic mass is 10.1. The molecule has 0 aliphatic carbocycles. The van der Waals surface area contributed by atoms with Crippen LogP contribution in [0.2, 0.25) is 0 Å². The van der Waals surface area contributed by atoms with Gasteiger partial charge in [0.25, 0.3) is 5.91 Å². The zero-order chi connectivity index (χ0) is 22.1. The molecular formula is C22H29N3O4S. The number of rotatable bonds is 5. The lowest BCUT2D eigenvalue weighted by Crippen LogP contribution is -2.48. The Morgan fingerprint density at radius 2 is 1.67 bits per heavy atom. The molecule has 30 heavy (non-hydrogen) atoms. The Balaban J connectivity index is 1.74. The van der Waals surface area contributed by atoms with Crippen LogP contribution in [0.1, 0.15) is 29.8 Å². The second kappa shape index (κ2) is 8.75. The highest BCUT2D eigenvalue weighted by molar-refractivity contribution is 7.89. The van der Waals surface area contributed by atoms with Gasteiger partial charge in [0.1, 0.15) is 0 Å². The quantitative estimate of drug-likeness (QED) is 0.787. The molecule has 1 fully saturated rings. The molecule has 162 valence electrons. The fourth-order valence-electron chi connectivity index (χ4n) is 3.52. The molecule has 2 aromatic carbocycles. The molecule has 1 heterocycles. The van der Waals surface area contributed by atoms with Crippen LogP contribution in [0.4, 0.5) is 11.4 Å². The van der Waals surface area contributed by atoms with Crippen molar-refractivity contribution in [3.05, 3.63) is 53.6 Å². The Kier molecular flexibility index (Phi) is 6.50. The summed E-state index contributed by atoms with van der Waals surface area (Å²) in [5.74, 6) is -0.284. The number of sulfonamides is 1. The number of nitrogens with zero attached hydrogens (tertiary/aromatic N) is 2. The van der Waals surface area contributed by atoms with E-state index in [1.165, 1.54) is 16.4 Å². The smallest absolute Gasteiger partial charge is 0.255 e. The van der Waals surface area contributed by atoms with E-state index >= 15 is 0 Å². The van der Waals surface area contributed by atoms with Gasteiger partial charge >= 0.3 is 0 Å². The third kappa shape index (κ3) is 4.83. The summed E-state index contributed by atoms with van der Waals surface area (Å²) in [6, 6.07) is 11.8. The molecule has 0 radical (unpaired) electrons. The SMILES string of the molecule is Cc1cc(N(C)C)ccc1NC(=O)c1ccc(S(=O)(=O)N2CC(C)OC(C)C2)cc1. The molecule has 1 N–H and O–H groups in total. The van der Waals surface area contributed by atoms with Crippen LogP contribution in [-0.2, 0) is 14.8 Å². The first-order chi connectivity index (χ1) is 14.1. The highest BCUT2D eigenvalue weighted by Crippen LogP contribution is 2.24. The van der Waals surface area contributed by atoms with Gasteiger partial charge in [-0.2, -0.15) is 4.31 Å². The summed E-state index contributed by atoms with van der Waals surface area (Å²) < 4.78 is 33.0. The number of anilines is 2. The van der Waals surface area contributed by atoms with Crippen LogP contribution in [0.3, 0.4) is 0 Å². The first kappa shape index (κ1) is 22.3. The number of hydrogen-bond acceptors (Lipinski definition) is 5. The van der Waals surface area contributed by atoms with Gasteiger partial charge in [-0.05, 0) is 68.8 Å². The van der Waals surface area contributed by atoms with Crippen LogP contribution < -0.4 is 10.2 Å². The van der Waals surface area contributed by atoms with E-state index in [0.717, 1.165) is 16.9 Å². The average Bonchev–Trinajstić information content (AvgIpc) is 2.68. The number of morpholine rings is 1. The van der Waals surface area contributed by atoms with E-state index in [4.69, 9.17) is 4.74 Å². The van der Waals surface area contributed by atoms with Crippen molar-refractivity contribution in [2.75, 3.05) is 37.4 Å². The maximum absolute atomic E-state index is 12.9. The van der Waals surface area contributed by atoms with Crippen LogP contribution in [0, 0.1) is 6.92 Å². The van der Waals surface area contributed by atoms with Gasteiger partial charge in [-0.25, -0.2) is 8.42 Å². The number of aryl methyl sites for hydroxylation is 1. The number of ether oxygens (including phenoxy) is 1. The monoisotopic (exact) mass is 431 g/mol. The van der Waals surface area contributed by atoms with Gasteiger partial charge in [-0.3, -0.25) is 4.79 Å². The molecule has 0 spiro atoms. The minimum Gasteiger partial charge on any atom is -0.378 e. The van der Waals surface area contributed by atoms with Gasteiger partial charge < -0.3 is 15.0 Å². The van der Waals surface area contributed by atoms with Crippen molar-refractivity contribution in [1.29, 1.82) is 0 Å². The average molecular weight is 432 g/mol. The molecule has 0 saturated carbocycles. The Morgan fingerprint density at radius 1 is 1.07 bits per heavy atom. The van der Waals surface area contributed by atoms with Crippen molar-refractivity contribution in [1.82, 2.24) is 4.31 Å². The minimum atomic E-state index is -3.63. The van der Waals surface area contributed by atoms with Crippen LogP contribution in [0.15, 0.2) is 47.4 Å². The summed E-state index contributed by atoms with van der Waals surface area (Å²) in [5, 5.41) is 2.89. The molecule has 1 saturated heterocycles. The Morgan fingerprint density at radius 3 is 2.20 bits per heavy atom. The number of amides is 1. The fourth-order valence-corrected chi connectivity index (χ4v) is 5.11. The topological polar surface area (TPSA) is 79.0 Å². The first-order valence-electron chi connectivity index (χ1n) is 9.93. The highest BCUT2D eigenvalue weighted by Gasteiger charge is 2.32. The van der Waals surface area contributed by atoms with E-state index in [1.54, 1.807) is 12.1 Å². The molecule has 7 nitrogen and oxygen atoms in total. The lowest BCUT2D eigenvalue weighted by molar-refractivity contribution is -0.0440. The van der Waals surface area contributed by atoms with Crippen LogP contribution in [0.5, 0.6) is 0 Å². The highest BCUT2D eigenvalue weighted by atomic mass is 32.2.